The van der Waals surface area contributed by atoms with Crippen LogP contribution < -0.4 is 10.6 Å². The van der Waals surface area contributed by atoms with Crippen LogP contribution >= 0.6 is 11.3 Å². The third-order valence-electron chi connectivity index (χ3n) is 4.89. The molecule has 1 saturated carbocycles. The Hall–Kier alpha value is -2.67. The Bertz CT molecular complexity index is 861. The van der Waals surface area contributed by atoms with E-state index in [1.54, 1.807) is 35.2 Å². The number of amides is 3. The molecular weight excluding hydrogens is 362 g/mol. The van der Waals surface area contributed by atoms with Gasteiger partial charge in [-0.25, -0.2) is 0 Å². The summed E-state index contributed by atoms with van der Waals surface area (Å²) in [6.45, 7) is 0.568. The summed E-state index contributed by atoms with van der Waals surface area (Å²) in [5.41, 5.74) is 0.933. The van der Waals surface area contributed by atoms with Gasteiger partial charge in [0.15, 0.2) is 0 Å². The van der Waals surface area contributed by atoms with Crippen molar-refractivity contribution in [1.29, 1.82) is 0 Å². The highest BCUT2D eigenvalue weighted by atomic mass is 32.1. The fraction of sp³-hybridized carbons (Fsp3) is 0.350. The highest BCUT2D eigenvalue weighted by Gasteiger charge is 2.35. The lowest BCUT2D eigenvalue weighted by Crippen LogP contribution is -2.43. The van der Waals surface area contributed by atoms with Gasteiger partial charge in [0.1, 0.15) is 6.04 Å². The molecule has 3 amide bonds. The molecule has 4 rings (SSSR count). The van der Waals surface area contributed by atoms with Gasteiger partial charge in [0.25, 0.3) is 11.8 Å². The number of anilines is 1. The minimum absolute atomic E-state index is 0.109. The van der Waals surface area contributed by atoms with Crippen molar-refractivity contribution >= 4 is 34.7 Å². The third kappa shape index (κ3) is 3.88. The van der Waals surface area contributed by atoms with E-state index in [4.69, 9.17) is 0 Å². The summed E-state index contributed by atoms with van der Waals surface area (Å²) in [5.74, 6) is -0.530. The van der Waals surface area contributed by atoms with Gasteiger partial charge in [-0.1, -0.05) is 18.2 Å². The van der Waals surface area contributed by atoms with Crippen LogP contribution in [0.2, 0.25) is 0 Å². The Morgan fingerprint density at radius 1 is 1.04 bits per heavy atom. The average molecular weight is 383 g/mol. The van der Waals surface area contributed by atoms with Gasteiger partial charge >= 0.3 is 0 Å². The van der Waals surface area contributed by atoms with Crippen LogP contribution in [0.5, 0.6) is 0 Å². The molecule has 1 atom stereocenters. The number of hydrogen-bond donors (Lipinski definition) is 2. The SMILES string of the molecule is O=C(NC1CC1)c1ccccc1NC(=O)C1CCCN1C(=O)c1cccs1. The van der Waals surface area contributed by atoms with E-state index in [-0.39, 0.29) is 23.8 Å². The molecule has 1 saturated heterocycles. The molecule has 6 nitrogen and oxygen atoms in total. The lowest BCUT2D eigenvalue weighted by atomic mass is 10.1. The molecule has 1 aliphatic heterocycles. The summed E-state index contributed by atoms with van der Waals surface area (Å²) < 4.78 is 0. The Labute approximate surface area is 161 Å². The van der Waals surface area contributed by atoms with E-state index >= 15 is 0 Å². The van der Waals surface area contributed by atoms with Gasteiger partial charge in [0.2, 0.25) is 5.91 Å². The van der Waals surface area contributed by atoms with Crippen molar-refractivity contribution in [3.05, 3.63) is 52.2 Å². The fourth-order valence-electron chi connectivity index (χ4n) is 3.32. The molecule has 1 aromatic heterocycles. The van der Waals surface area contributed by atoms with Crippen LogP contribution in [0.4, 0.5) is 5.69 Å². The van der Waals surface area contributed by atoms with E-state index in [0.717, 1.165) is 19.3 Å². The second-order valence-corrected chi connectivity index (χ2v) is 7.86. The van der Waals surface area contributed by atoms with Crippen LogP contribution in [-0.2, 0) is 4.79 Å². The molecule has 2 heterocycles. The van der Waals surface area contributed by atoms with E-state index in [1.807, 2.05) is 11.4 Å². The smallest absolute Gasteiger partial charge is 0.264 e. The highest BCUT2D eigenvalue weighted by Crippen LogP contribution is 2.25. The minimum atomic E-state index is -0.515. The van der Waals surface area contributed by atoms with Gasteiger partial charge in [0.05, 0.1) is 16.1 Å². The molecule has 2 fully saturated rings. The first-order valence-electron chi connectivity index (χ1n) is 9.19. The second-order valence-electron chi connectivity index (χ2n) is 6.92. The maximum absolute atomic E-state index is 12.9. The van der Waals surface area contributed by atoms with Crippen molar-refractivity contribution < 1.29 is 14.4 Å². The van der Waals surface area contributed by atoms with E-state index in [2.05, 4.69) is 10.6 Å². The van der Waals surface area contributed by atoms with Crippen LogP contribution in [0.3, 0.4) is 0 Å². The molecule has 27 heavy (non-hydrogen) atoms. The third-order valence-corrected chi connectivity index (χ3v) is 5.75. The number of para-hydroxylation sites is 1. The lowest BCUT2D eigenvalue weighted by molar-refractivity contribution is -0.119. The Kier molecular flexibility index (Phi) is 4.94. The van der Waals surface area contributed by atoms with Gasteiger partial charge in [-0.05, 0) is 49.3 Å². The van der Waals surface area contributed by atoms with Crippen molar-refractivity contribution in [2.75, 3.05) is 11.9 Å². The zero-order valence-electron chi connectivity index (χ0n) is 14.8. The number of nitrogens with zero attached hydrogens (tertiary/aromatic N) is 1. The normalized spacial score (nSPS) is 19.0. The maximum Gasteiger partial charge on any atom is 0.264 e. The molecule has 1 aromatic carbocycles. The molecule has 0 bridgehead atoms. The largest absolute Gasteiger partial charge is 0.349 e. The fourth-order valence-corrected chi connectivity index (χ4v) is 4.00. The predicted octanol–water partition coefficient (Wildman–Crippen LogP) is 2.88. The quantitative estimate of drug-likeness (QED) is 0.833. The number of rotatable bonds is 5. The summed E-state index contributed by atoms with van der Waals surface area (Å²) in [5, 5.41) is 7.67. The van der Waals surface area contributed by atoms with Gasteiger partial charge < -0.3 is 15.5 Å². The highest BCUT2D eigenvalue weighted by molar-refractivity contribution is 7.12. The first kappa shape index (κ1) is 17.7. The van der Waals surface area contributed by atoms with Gasteiger partial charge in [-0.15, -0.1) is 11.3 Å². The number of nitrogens with one attached hydrogen (secondary N) is 2. The summed E-state index contributed by atoms with van der Waals surface area (Å²) in [4.78, 5) is 40.2. The van der Waals surface area contributed by atoms with E-state index in [1.165, 1.54) is 11.3 Å². The van der Waals surface area contributed by atoms with E-state index in [9.17, 15) is 14.4 Å². The van der Waals surface area contributed by atoms with E-state index < -0.39 is 6.04 Å². The number of benzene rings is 1. The number of thiophene rings is 1. The molecule has 2 aliphatic rings. The molecule has 7 heteroatoms. The van der Waals surface area contributed by atoms with Crippen LogP contribution in [-0.4, -0.2) is 41.2 Å². The summed E-state index contributed by atoms with van der Waals surface area (Å²) in [6, 6.07) is 10.3. The topological polar surface area (TPSA) is 78.5 Å². The second kappa shape index (κ2) is 7.52. The van der Waals surface area contributed by atoms with Crippen molar-refractivity contribution in [3.8, 4) is 0 Å². The molecule has 1 unspecified atom stereocenters. The molecule has 0 spiro atoms. The average Bonchev–Trinajstić information content (AvgIpc) is 3.16. The first-order chi connectivity index (χ1) is 13.1. The molecule has 140 valence electrons. The van der Waals surface area contributed by atoms with Crippen molar-refractivity contribution in [2.45, 2.75) is 37.8 Å². The Morgan fingerprint density at radius 3 is 2.59 bits per heavy atom. The number of carbonyl (C=O) groups is 3. The standard InChI is InChI=1S/C20H21N3O3S/c24-18(21-13-9-10-13)14-5-1-2-6-15(14)22-19(25)16-7-3-11-23(16)20(26)17-8-4-12-27-17/h1-2,4-6,8,12-13,16H,3,7,9-11H2,(H,21,24)(H,22,25). The Balaban J connectivity index is 1.48. The monoisotopic (exact) mass is 383 g/mol. The number of carbonyl (C=O) groups excluding carboxylic acids is 3. The maximum atomic E-state index is 12.9. The summed E-state index contributed by atoms with van der Waals surface area (Å²) in [6.07, 6.45) is 3.42. The zero-order valence-corrected chi connectivity index (χ0v) is 15.6. The summed E-state index contributed by atoms with van der Waals surface area (Å²) in [7, 11) is 0. The van der Waals surface area contributed by atoms with Gasteiger partial charge in [0, 0.05) is 12.6 Å². The lowest BCUT2D eigenvalue weighted by Gasteiger charge is -2.24. The van der Waals surface area contributed by atoms with Crippen LogP contribution in [0, 0.1) is 0 Å². The first-order valence-corrected chi connectivity index (χ1v) is 10.1. The van der Waals surface area contributed by atoms with Crippen molar-refractivity contribution in [2.24, 2.45) is 0 Å². The predicted molar refractivity (Wildman–Crippen MR) is 104 cm³/mol. The van der Waals surface area contributed by atoms with Crippen LogP contribution in [0.25, 0.3) is 0 Å². The van der Waals surface area contributed by atoms with Crippen LogP contribution in [0.1, 0.15) is 45.7 Å². The van der Waals surface area contributed by atoms with Gasteiger partial charge in [-0.2, -0.15) is 0 Å². The number of hydrogen-bond acceptors (Lipinski definition) is 4. The van der Waals surface area contributed by atoms with Crippen molar-refractivity contribution in [3.63, 3.8) is 0 Å². The number of likely N-dealkylation sites (tertiary alicyclic amines) is 1. The van der Waals surface area contributed by atoms with E-state index in [0.29, 0.717) is 29.1 Å². The molecular formula is C20H21N3O3S. The molecule has 1 aliphatic carbocycles. The van der Waals surface area contributed by atoms with Gasteiger partial charge in [-0.3, -0.25) is 14.4 Å². The zero-order chi connectivity index (χ0) is 18.8. The van der Waals surface area contributed by atoms with Crippen LogP contribution in [0.15, 0.2) is 41.8 Å². The minimum Gasteiger partial charge on any atom is -0.349 e. The Morgan fingerprint density at radius 2 is 1.85 bits per heavy atom. The molecule has 2 N–H and O–H groups in total. The molecule has 2 aromatic rings. The van der Waals surface area contributed by atoms with Crippen molar-refractivity contribution in [1.82, 2.24) is 10.2 Å². The summed E-state index contributed by atoms with van der Waals surface area (Å²) >= 11 is 1.38. The molecule has 0 radical (unpaired) electrons.